The highest BCUT2D eigenvalue weighted by atomic mass is 16.7. The van der Waals surface area contributed by atoms with Crippen LogP contribution in [-0.2, 0) is 22.4 Å². The van der Waals surface area contributed by atoms with E-state index in [0.29, 0.717) is 11.8 Å². The third-order valence-electron chi connectivity index (χ3n) is 3.75. The molecule has 0 spiro atoms. The van der Waals surface area contributed by atoms with Crippen molar-refractivity contribution < 1.29 is 14.0 Å². The fraction of sp³-hybridized carbons (Fsp3) is 0.846. The molecule has 6 nitrogen and oxygen atoms in total. The second kappa shape index (κ2) is 5.98. The first-order valence-electron chi connectivity index (χ1n) is 7.12. The van der Waals surface area contributed by atoms with E-state index in [1.54, 1.807) is 0 Å². The van der Waals surface area contributed by atoms with Gasteiger partial charge in [-0.2, -0.15) is 4.98 Å². The number of aromatic nitrogens is 2. The minimum absolute atomic E-state index is 0.0146. The van der Waals surface area contributed by atoms with Gasteiger partial charge in [0.2, 0.25) is 5.89 Å². The molecule has 0 aromatic carbocycles. The van der Waals surface area contributed by atoms with Crippen molar-refractivity contribution in [2.75, 3.05) is 26.3 Å². The molecule has 3 rings (SSSR count). The van der Waals surface area contributed by atoms with Crippen LogP contribution in [0.15, 0.2) is 4.52 Å². The number of aryl methyl sites for hydroxylation is 1. The molecule has 1 unspecified atom stereocenters. The Bertz CT molecular complexity index is 404. The third kappa shape index (κ3) is 3.13. The number of hydrogen-bond acceptors (Lipinski definition) is 6. The summed E-state index contributed by atoms with van der Waals surface area (Å²) < 4.78 is 16.4. The maximum absolute atomic E-state index is 5.61. The summed E-state index contributed by atoms with van der Waals surface area (Å²) in [6.07, 6.45) is 3.12. The van der Waals surface area contributed by atoms with Crippen LogP contribution in [0, 0.1) is 5.92 Å². The van der Waals surface area contributed by atoms with Crippen LogP contribution in [-0.4, -0.2) is 47.6 Å². The van der Waals surface area contributed by atoms with E-state index >= 15 is 0 Å². The second-order valence-electron chi connectivity index (χ2n) is 5.21. The summed E-state index contributed by atoms with van der Waals surface area (Å²) in [5, 5.41) is 4.01. The lowest BCUT2D eigenvalue weighted by molar-refractivity contribution is -0.101. The number of rotatable bonds is 4. The topological polar surface area (TPSA) is 60.6 Å². The molecule has 19 heavy (non-hydrogen) atoms. The van der Waals surface area contributed by atoms with Gasteiger partial charge in [-0.05, 0) is 19.4 Å². The Labute approximate surface area is 113 Å². The van der Waals surface area contributed by atoms with Crippen LogP contribution in [0.1, 0.15) is 31.5 Å². The summed E-state index contributed by atoms with van der Waals surface area (Å²) in [6.45, 7) is 6.30. The normalized spacial score (nSPS) is 26.1. The van der Waals surface area contributed by atoms with Gasteiger partial charge < -0.3 is 14.0 Å². The van der Waals surface area contributed by atoms with Gasteiger partial charge in [0.25, 0.3) is 0 Å². The number of ether oxygens (including phenoxy) is 2. The van der Waals surface area contributed by atoms with E-state index in [9.17, 15) is 0 Å². The predicted molar refractivity (Wildman–Crippen MR) is 67.4 cm³/mol. The van der Waals surface area contributed by atoms with Crippen molar-refractivity contribution in [1.82, 2.24) is 15.0 Å². The Morgan fingerprint density at radius 3 is 2.89 bits per heavy atom. The summed E-state index contributed by atoms with van der Waals surface area (Å²) in [5.41, 5.74) is 0. The van der Waals surface area contributed by atoms with E-state index in [0.717, 1.165) is 45.1 Å². The summed E-state index contributed by atoms with van der Waals surface area (Å²) in [6, 6.07) is 0. The van der Waals surface area contributed by atoms with Crippen molar-refractivity contribution in [3.05, 3.63) is 11.7 Å². The van der Waals surface area contributed by atoms with Crippen molar-refractivity contribution >= 4 is 0 Å². The average Bonchev–Trinajstić information content (AvgIpc) is 3.10. The molecule has 0 saturated carbocycles. The first kappa shape index (κ1) is 13.0. The van der Waals surface area contributed by atoms with Gasteiger partial charge in [-0.1, -0.05) is 12.1 Å². The highest BCUT2D eigenvalue weighted by Crippen LogP contribution is 2.25. The highest BCUT2D eigenvalue weighted by molar-refractivity contribution is 4.87. The zero-order chi connectivity index (χ0) is 13.1. The molecular formula is C13H21N3O3. The quantitative estimate of drug-likeness (QED) is 0.817. The minimum Gasteiger partial charge on any atom is -0.350 e. The maximum Gasteiger partial charge on any atom is 0.226 e. The number of hydrogen-bond donors (Lipinski definition) is 0. The van der Waals surface area contributed by atoms with Crippen LogP contribution in [0.4, 0.5) is 0 Å². The van der Waals surface area contributed by atoms with Crippen molar-refractivity contribution in [2.24, 2.45) is 5.92 Å². The molecule has 0 N–H and O–H groups in total. The first-order chi connectivity index (χ1) is 9.35. The third-order valence-corrected chi connectivity index (χ3v) is 3.75. The molecule has 106 valence electrons. The van der Waals surface area contributed by atoms with Gasteiger partial charge in [-0.15, -0.1) is 0 Å². The lowest BCUT2D eigenvalue weighted by Gasteiger charge is -2.33. The number of piperidine rings is 1. The Kier molecular flexibility index (Phi) is 4.10. The van der Waals surface area contributed by atoms with Crippen molar-refractivity contribution in [2.45, 2.75) is 39.0 Å². The van der Waals surface area contributed by atoms with E-state index in [-0.39, 0.29) is 6.29 Å². The van der Waals surface area contributed by atoms with Gasteiger partial charge in [0.15, 0.2) is 12.1 Å². The molecule has 1 aromatic rings. The fourth-order valence-corrected chi connectivity index (χ4v) is 2.80. The summed E-state index contributed by atoms with van der Waals surface area (Å²) >= 11 is 0. The standard InChI is InChI=1S/C13H21N3O3/c1-2-12-14-11(15-19-12)9-16-5-3-4-10(8-16)13-17-6-7-18-13/h10,13H,2-9H2,1H3. The second-order valence-corrected chi connectivity index (χ2v) is 5.21. The van der Waals surface area contributed by atoms with E-state index in [2.05, 4.69) is 15.0 Å². The molecular weight excluding hydrogens is 246 g/mol. The number of likely N-dealkylation sites (tertiary alicyclic amines) is 1. The van der Waals surface area contributed by atoms with Gasteiger partial charge in [0.05, 0.1) is 19.8 Å². The molecule has 1 aromatic heterocycles. The highest BCUT2D eigenvalue weighted by Gasteiger charge is 2.31. The molecule has 2 saturated heterocycles. The molecule has 0 radical (unpaired) electrons. The van der Waals surface area contributed by atoms with Crippen LogP contribution in [0.2, 0.25) is 0 Å². The van der Waals surface area contributed by atoms with E-state index < -0.39 is 0 Å². The molecule has 0 amide bonds. The van der Waals surface area contributed by atoms with E-state index in [1.165, 1.54) is 12.8 Å². The largest absolute Gasteiger partial charge is 0.350 e. The Balaban J connectivity index is 1.55. The summed E-state index contributed by atoms with van der Waals surface area (Å²) in [7, 11) is 0. The molecule has 0 bridgehead atoms. The molecule has 0 aliphatic carbocycles. The van der Waals surface area contributed by atoms with E-state index in [1.807, 2.05) is 6.92 Å². The average molecular weight is 267 g/mol. The van der Waals surface area contributed by atoms with Gasteiger partial charge in [0.1, 0.15) is 0 Å². The van der Waals surface area contributed by atoms with Crippen LogP contribution < -0.4 is 0 Å². The van der Waals surface area contributed by atoms with Crippen molar-refractivity contribution in [3.63, 3.8) is 0 Å². The molecule has 2 aliphatic heterocycles. The lowest BCUT2D eigenvalue weighted by atomic mass is 9.97. The zero-order valence-corrected chi connectivity index (χ0v) is 11.4. The Morgan fingerprint density at radius 1 is 1.32 bits per heavy atom. The predicted octanol–water partition coefficient (Wildman–Crippen LogP) is 1.22. The maximum atomic E-state index is 5.61. The molecule has 2 aliphatic rings. The van der Waals surface area contributed by atoms with Crippen LogP contribution >= 0.6 is 0 Å². The molecule has 3 heterocycles. The van der Waals surface area contributed by atoms with Gasteiger partial charge in [-0.25, -0.2) is 0 Å². The van der Waals surface area contributed by atoms with Crippen LogP contribution in [0.25, 0.3) is 0 Å². The summed E-state index contributed by atoms with van der Waals surface area (Å²) in [5.74, 6) is 1.96. The number of nitrogens with zero attached hydrogens (tertiary/aromatic N) is 3. The Hall–Kier alpha value is -0.980. The molecule has 2 fully saturated rings. The zero-order valence-electron chi connectivity index (χ0n) is 11.4. The van der Waals surface area contributed by atoms with Crippen LogP contribution in [0.3, 0.4) is 0 Å². The summed E-state index contributed by atoms with van der Waals surface area (Å²) in [4.78, 5) is 6.73. The molecule has 1 atom stereocenters. The minimum atomic E-state index is -0.0146. The SMILES string of the molecule is CCc1nc(CN2CCCC(C3OCCO3)C2)no1. The van der Waals surface area contributed by atoms with Crippen molar-refractivity contribution in [3.8, 4) is 0 Å². The van der Waals surface area contributed by atoms with Gasteiger partial charge >= 0.3 is 0 Å². The van der Waals surface area contributed by atoms with Gasteiger partial charge in [0, 0.05) is 18.9 Å². The van der Waals surface area contributed by atoms with Crippen LogP contribution in [0.5, 0.6) is 0 Å². The van der Waals surface area contributed by atoms with E-state index in [4.69, 9.17) is 14.0 Å². The van der Waals surface area contributed by atoms with Crippen molar-refractivity contribution in [1.29, 1.82) is 0 Å². The lowest BCUT2D eigenvalue weighted by Crippen LogP contribution is -2.40. The fourth-order valence-electron chi connectivity index (χ4n) is 2.80. The smallest absolute Gasteiger partial charge is 0.226 e. The van der Waals surface area contributed by atoms with Gasteiger partial charge in [-0.3, -0.25) is 4.90 Å². The molecule has 6 heteroatoms. The first-order valence-corrected chi connectivity index (χ1v) is 7.12. The Morgan fingerprint density at radius 2 is 2.16 bits per heavy atom. The monoisotopic (exact) mass is 267 g/mol.